The number of carbonyl (C=O) groups is 1. The molecule has 2 aromatic rings. The average Bonchev–Trinajstić information content (AvgIpc) is 3.21. The van der Waals surface area contributed by atoms with Crippen molar-refractivity contribution in [3.63, 3.8) is 0 Å². The molecule has 6 nitrogen and oxygen atoms in total. The molecule has 1 unspecified atom stereocenters. The molecule has 1 saturated heterocycles. The minimum Gasteiger partial charge on any atom is -0.338 e. The Morgan fingerprint density at radius 2 is 2.00 bits per heavy atom. The summed E-state index contributed by atoms with van der Waals surface area (Å²) in [5, 5.41) is 4.38. The zero-order valence-electron chi connectivity index (χ0n) is 18.4. The number of nitrogens with zero attached hydrogens (tertiary/aromatic N) is 3. The summed E-state index contributed by atoms with van der Waals surface area (Å²) >= 11 is 0. The number of amides is 1. The Labute approximate surface area is 186 Å². The Hall–Kier alpha value is -2.36. The van der Waals surface area contributed by atoms with Crippen LogP contribution in [0.5, 0.6) is 0 Å². The molecule has 1 amide bonds. The molecular weight excluding hydrogens is 443 g/mol. The largest absolute Gasteiger partial charge is 0.416 e. The number of benzene rings is 1. The third-order valence-electron chi connectivity index (χ3n) is 5.91. The zero-order valence-corrected chi connectivity index (χ0v) is 19.3. The van der Waals surface area contributed by atoms with Gasteiger partial charge in [0.25, 0.3) is 0 Å². The molecule has 1 aliphatic heterocycles. The van der Waals surface area contributed by atoms with Crippen LogP contribution in [-0.2, 0) is 27.2 Å². The first kappa shape index (κ1) is 24.3. The maximum Gasteiger partial charge on any atom is 0.416 e. The first-order chi connectivity index (χ1) is 14.9. The van der Waals surface area contributed by atoms with Crippen LogP contribution in [0.3, 0.4) is 0 Å². The van der Waals surface area contributed by atoms with Crippen LogP contribution in [0.2, 0.25) is 0 Å². The van der Waals surface area contributed by atoms with Crippen molar-refractivity contribution in [2.24, 2.45) is 0 Å². The predicted octanol–water partition coefficient (Wildman–Crippen LogP) is 3.87. The second-order valence-electron chi connectivity index (χ2n) is 8.28. The number of unbranched alkanes of at least 4 members (excludes halogenated alkanes) is 1. The van der Waals surface area contributed by atoms with Gasteiger partial charge in [-0.2, -0.15) is 18.3 Å². The van der Waals surface area contributed by atoms with Crippen molar-refractivity contribution in [3.8, 4) is 5.69 Å². The fourth-order valence-electron chi connectivity index (χ4n) is 4.11. The third-order valence-corrected chi connectivity index (χ3v) is 7.66. The second kappa shape index (κ2) is 9.25. The highest BCUT2D eigenvalue weighted by Gasteiger charge is 2.35. The van der Waals surface area contributed by atoms with Crippen LogP contribution < -0.4 is 0 Å². The van der Waals surface area contributed by atoms with E-state index in [1.54, 1.807) is 18.7 Å². The van der Waals surface area contributed by atoms with Gasteiger partial charge in [0.15, 0.2) is 9.84 Å². The molecule has 0 aliphatic carbocycles. The maximum absolute atomic E-state index is 13.2. The molecule has 0 spiro atoms. The van der Waals surface area contributed by atoms with Crippen molar-refractivity contribution in [2.45, 2.75) is 58.7 Å². The van der Waals surface area contributed by atoms with Crippen LogP contribution in [0.15, 0.2) is 24.3 Å². The van der Waals surface area contributed by atoms with Gasteiger partial charge in [-0.3, -0.25) is 4.79 Å². The normalized spacial score (nSPS) is 18.1. The van der Waals surface area contributed by atoms with Crippen molar-refractivity contribution >= 4 is 15.7 Å². The first-order valence-electron chi connectivity index (χ1n) is 10.7. The lowest BCUT2D eigenvalue weighted by Crippen LogP contribution is -2.42. The lowest BCUT2D eigenvalue weighted by atomic mass is 10.1. The summed E-state index contributed by atoms with van der Waals surface area (Å²) in [5.74, 6) is -0.126. The number of hydrogen-bond donors (Lipinski definition) is 0. The van der Waals surface area contributed by atoms with Crippen LogP contribution >= 0.6 is 0 Å². The number of halogens is 3. The highest BCUT2D eigenvalue weighted by Crippen LogP contribution is 2.31. The van der Waals surface area contributed by atoms with Gasteiger partial charge >= 0.3 is 6.18 Å². The summed E-state index contributed by atoms with van der Waals surface area (Å²) in [6.07, 6.45) is -2.37. The van der Waals surface area contributed by atoms with Crippen molar-refractivity contribution < 1.29 is 26.4 Å². The molecule has 10 heteroatoms. The Morgan fingerprint density at radius 3 is 2.59 bits per heavy atom. The van der Waals surface area contributed by atoms with Gasteiger partial charge in [0.05, 0.1) is 34.9 Å². The summed E-state index contributed by atoms with van der Waals surface area (Å²) in [6.45, 7) is 5.92. The molecule has 0 radical (unpaired) electrons. The summed E-state index contributed by atoms with van der Waals surface area (Å²) in [6, 6.07) is 4.56. The Bertz CT molecular complexity index is 1090. The molecule has 3 rings (SSSR count). The summed E-state index contributed by atoms with van der Waals surface area (Å²) in [5.41, 5.74) is 1.29. The average molecular weight is 472 g/mol. The highest BCUT2D eigenvalue weighted by molar-refractivity contribution is 7.91. The SMILES string of the molecule is CCCCN(C(=O)Cc1c(C)nn(-c2cccc(C(F)(F)F)c2)c1C)C1CCS(=O)(=O)C1. The second-order valence-corrected chi connectivity index (χ2v) is 10.5. The summed E-state index contributed by atoms with van der Waals surface area (Å²) in [7, 11) is -3.14. The van der Waals surface area contributed by atoms with Gasteiger partial charge in [0.2, 0.25) is 5.91 Å². The van der Waals surface area contributed by atoms with E-state index in [0.29, 0.717) is 29.9 Å². The standard InChI is InChI=1S/C22H28F3N3O3S/c1-4-5-10-27(19-9-11-32(30,31)14-19)21(29)13-20-15(2)26-28(16(20)3)18-8-6-7-17(12-18)22(23,24)25/h6-8,12,19H,4-5,9-11,13-14H2,1-3H3. The number of sulfone groups is 1. The molecule has 176 valence electrons. The molecule has 1 aromatic heterocycles. The predicted molar refractivity (Wildman–Crippen MR) is 115 cm³/mol. The Morgan fingerprint density at radius 1 is 1.28 bits per heavy atom. The van der Waals surface area contributed by atoms with Crippen molar-refractivity contribution in [2.75, 3.05) is 18.1 Å². The molecule has 2 heterocycles. The van der Waals surface area contributed by atoms with Gasteiger partial charge in [-0.1, -0.05) is 19.4 Å². The minimum absolute atomic E-state index is 0.0239. The molecule has 32 heavy (non-hydrogen) atoms. The number of aromatic nitrogens is 2. The van der Waals surface area contributed by atoms with E-state index in [9.17, 15) is 26.4 Å². The van der Waals surface area contributed by atoms with Gasteiger partial charge in [0.1, 0.15) is 0 Å². The third kappa shape index (κ3) is 5.33. The van der Waals surface area contributed by atoms with E-state index in [2.05, 4.69) is 5.10 Å². The smallest absolute Gasteiger partial charge is 0.338 e. The van der Waals surface area contributed by atoms with E-state index < -0.39 is 21.6 Å². The van der Waals surface area contributed by atoms with Gasteiger partial charge in [-0.15, -0.1) is 0 Å². The van der Waals surface area contributed by atoms with Gasteiger partial charge in [-0.05, 0) is 44.9 Å². The van der Waals surface area contributed by atoms with E-state index in [1.807, 2.05) is 6.92 Å². The first-order valence-corrected chi connectivity index (χ1v) is 12.5. The molecule has 1 atom stereocenters. The lowest BCUT2D eigenvalue weighted by Gasteiger charge is -2.28. The minimum atomic E-state index is -4.47. The maximum atomic E-state index is 13.2. The van der Waals surface area contributed by atoms with Crippen molar-refractivity contribution in [1.82, 2.24) is 14.7 Å². The lowest BCUT2D eigenvalue weighted by molar-refractivity contribution is -0.137. The van der Waals surface area contributed by atoms with Crippen LogP contribution in [-0.4, -0.2) is 53.1 Å². The molecule has 1 aliphatic rings. The summed E-state index contributed by atoms with van der Waals surface area (Å²) < 4.78 is 64.6. The fraction of sp³-hybridized carbons (Fsp3) is 0.545. The van der Waals surface area contributed by atoms with Crippen LogP contribution in [0.4, 0.5) is 13.2 Å². The molecule has 0 N–H and O–H groups in total. The van der Waals surface area contributed by atoms with Crippen molar-refractivity contribution in [1.29, 1.82) is 0 Å². The van der Waals surface area contributed by atoms with Gasteiger partial charge < -0.3 is 4.90 Å². The number of carbonyl (C=O) groups excluding carboxylic acids is 1. The van der Waals surface area contributed by atoms with E-state index in [0.717, 1.165) is 25.0 Å². The topological polar surface area (TPSA) is 72.3 Å². The van der Waals surface area contributed by atoms with E-state index in [-0.39, 0.29) is 35.6 Å². The number of rotatable bonds is 7. The van der Waals surface area contributed by atoms with Crippen LogP contribution in [0.25, 0.3) is 5.69 Å². The molecule has 1 fully saturated rings. The van der Waals surface area contributed by atoms with E-state index in [4.69, 9.17) is 0 Å². The molecule has 0 saturated carbocycles. The Balaban J connectivity index is 1.87. The van der Waals surface area contributed by atoms with E-state index >= 15 is 0 Å². The van der Waals surface area contributed by atoms with Crippen molar-refractivity contribution in [3.05, 3.63) is 46.8 Å². The number of aryl methyl sites for hydroxylation is 1. The van der Waals surface area contributed by atoms with Gasteiger partial charge in [-0.25, -0.2) is 13.1 Å². The monoisotopic (exact) mass is 471 g/mol. The quantitative estimate of drug-likeness (QED) is 0.615. The summed E-state index contributed by atoms with van der Waals surface area (Å²) in [4.78, 5) is 14.9. The number of alkyl halides is 3. The van der Waals surface area contributed by atoms with Gasteiger partial charge in [0, 0.05) is 23.8 Å². The fourth-order valence-corrected chi connectivity index (χ4v) is 5.84. The molecule has 1 aromatic carbocycles. The van der Waals surface area contributed by atoms with Crippen LogP contribution in [0, 0.1) is 13.8 Å². The number of hydrogen-bond acceptors (Lipinski definition) is 4. The van der Waals surface area contributed by atoms with E-state index in [1.165, 1.54) is 16.8 Å². The highest BCUT2D eigenvalue weighted by atomic mass is 32.2. The molecule has 0 bridgehead atoms. The van der Waals surface area contributed by atoms with Crippen LogP contribution in [0.1, 0.15) is 48.7 Å². The zero-order chi connectivity index (χ0) is 23.7. The molecular formula is C22H28F3N3O3S. The Kier molecular flexibility index (Phi) is 7.02.